The van der Waals surface area contributed by atoms with Crippen molar-refractivity contribution in [3.63, 3.8) is 0 Å². The maximum absolute atomic E-state index is 12.5. The van der Waals surface area contributed by atoms with E-state index >= 15 is 0 Å². The first-order valence-corrected chi connectivity index (χ1v) is 10.9. The van der Waals surface area contributed by atoms with Gasteiger partial charge in [-0.15, -0.1) is 11.3 Å². The van der Waals surface area contributed by atoms with Crippen LogP contribution in [-0.2, 0) is 22.4 Å². The average molecular weight is 432 g/mol. The lowest BCUT2D eigenvalue weighted by atomic mass is 9.72. The van der Waals surface area contributed by atoms with Crippen LogP contribution >= 0.6 is 22.9 Å². The Balaban J connectivity index is 1.84. The number of benzene rings is 1. The van der Waals surface area contributed by atoms with Crippen LogP contribution in [0.5, 0.6) is 0 Å². The van der Waals surface area contributed by atoms with Crippen molar-refractivity contribution in [1.29, 1.82) is 0 Å². The molecule has 6 heteroatoms. The summed E-state index contributed by atoms with van der Waals surface area (Å²) in [5, 5.41) is 4.06. The fourth-order valence-corrected chi connectivity index (χ4v) is 5.18. The number of methoxy groups -OCH3 is 1. The predicted molar refractivity (Wildman–Crippen MR) is 120 cm³/mol. The lowest BCUT2D eigenvalue weighted by Crippen LogP contribution is -2.26. The number of esters is 1. The number of nitrogens with one attached hydrogen (secondary N) is 1. The van der Waals surface area contributed by atoms with Crippen LogP contribution in [0, 0.1) is 11.3 Å². The third-order valence-corrected chi connectivity index (χ3v) is 6.80. The summed E-state index contributed by atoms with van der Waals surface area (Å²) in [4.78, 5) is 26.1. The second-order valence-electron chi connectivity index (χ2n) is 8.38. The lowest BCUT2D eigenvalue weighted by Gasteiger charge is -2.33. The van der Waals surface area contributed by atoms with Gasteiger partial charge >= 0.3 is 5.97 Å². The van der Waals surface area contributed by atoms with E-state index in [4.69, 9.17) is 16.3 Å². The van der Waals surface area contributed by atoms with Gasteiger partial charge in [0, 0.05) is 16.0 Å². The number of rotatable bonds is 4. The standard InChI is InChI=1S/C23H26ClNO3S/c1-23(2,3)15-9-10-17-18(13-15)29-21(20(17)22(27)28-4)25-19(26)11-8-14-6-5-7-16(24)12-14/h5-8,11-12,15H,9-10,13H2,1-4H3,(H,25,26). The summed E-state index contributed by atoms with van der Waals surface area (Å²) in [7, 11) is 1.37. The van der Waals surface area contributed by atoms with Crippen LogP contribution in [0.4, 0.5) is 5.00 Å². The van der Waals surface area contributed by atoms with Crippen LogP contribution in [0.15, 0.2) is 30.3 Å². The number of amides is 1. The van der Waals surface area contributed by atoms with Gasteiger partial charge in [0.15, 0.2) is 0 Å². The Bertz CT molecular complexity index is 956. The number of hydrogen-bond acceptors (Lipinski definition) is 4. The van der Waals surface area contributed by atoms with E-state index in [2.05, 4.69) is 26.1 Å². The van der Waals surface area contributed by atoms with Crippen molar-refractivity contribution in [3.8, 4) is 0 Å². The van der Waals surface area contributed by atoms with Crippen LogP contribution < -0.4 is 5.32 Å². The van der Waals surface area contributed by atoms with Crippen LogP contribution in [0.2, 0.25) is 5.02 Å². The van der Waals surface area contributed by atoms with Gasteiger partial charge in [0.25, 0.3) is 0 Å². The zero-order chi connectivity index (χ0) is 21.2. The van der Waals surface area contributed by atoms with Gasteiger partial charge < -0.3 is 10.1 Å². The first kappa shape index (κ1) is 21.6. The molecule has 0 aliphatic heterocycles. The van der Waals surface area contributed by atoms with Crippen molar-refractivity contribution < 1.29 is 14.3 Å². The van der Waals surface area contributed by atoms with Crippen molar-refractivity contribution in [1.82, 2.24) is 0 Å². The minimum atomic E-state index is -0.397. The van der Waals surface area contributed by atoms with E-state index in [0.29, 0.717) is 21.5 Å². The SMILES string of the molecule is COC(=O)c1c(NC(=O)C=Cc2cccc(Cl)c2)sc2c1CCC(C(C)(C)C)C2. The molecule has 0 radical (unpaired) electrons. The monoisotopic (exact) mass is 431 g/mol. The van der Waals surface area contributed by atoms with Crippen LogP contribution in [0.3, 0.4) is 0 Å². The molecule has 0 fully saturated rings. The Hall–Kier alpha value is -2.11. The molecule has 1 aliphatic carbocycles. The number of hydrogen-bond donors (Lipinski definition) is 1. The molecule has 3 rings (SSSR count). The summed E-state index contributed by atoms with van der Waals surface area (Å²) in [6, 6.07) is 7.25. The third kappa shape index (κ3) is 5.09. The van der Waals surface area contributed by atoms with E-state index < -0.39 is 5.97 Å². The number of fused-ring (bicyclic) bond motifs is 1. The summed E-state index contributed by atoms with van der Waals surface area (Å²) < 4.78 is 5.00. The molecular formula is C23H26ClNO3S. The van der Waals surface area contributed by atoms with E-state index in [1.54, 1.807) is 18.2 Å². The van der Waals surface area contributed by atoms with Gasteiger partial charge in [0.05, 0.1) is 12.7 Å². The highest BCUT2D eigenvalue weighted by atomic mass is 35.5. The van der Waals surface area contributed by atoms with E-state index in [0.717, 1.165) is 30.4 Å². The maximum atomic E-state index is 12.5. The molecule has 2 aromatic rings. The molecule has 0 spiro atoms. The van der Waals surface area contributed by atoms with E-state index in [9.17, 15) is 9.59 Å². The second-order valence-corrected chi connectivity index (χ2v) is 9.92. The highest BCUT2D eigenvalue weighted by molar-refractivity contribution is 7.17. The Kier molecular flexibility index (Phi) is 6.49. The molecule has 1 aromatic carbocycles. The molecule has 1 N–H and O–H groups in total. The fraction of sp³-hybridized carbons (Fsp3) is 0.391. The smallest absolute Gasteiger partial charge is 0.341 e. The maximum Gasteiger partial charge on any atom is 0.341 e. The largest absolute Gasteiger partial charge is 0.465 e. The highest BCUT2D eigenvalue weighted by Gasteiger charge is 2.34. The average Bonchev–Trinajstić information content (AvgIpc) is 3.02. The number of halogens is 1. The van der Waals surface area contributed by atoms with Gasteiger partial charge in [-0.2, -0.15) is 0 Å². The number of ether oxygens (including phenoxy) is 1. The number of anilines is 1. The van der Waals surface area contributed by atoms with Crippen LogP contribution in [-0.4, -0.2) is 19.0 Å². The first-order valence-electron chi connectivity index (χ1n) is 9.66. The molecular weight excluding hydrogens is 406 g/mol. The minimum absolute atomic E-state index is 0.205. The number of carbonyl (C=O) groups is 2. The van der Waals surface area contributed by atoms with Crippen molar-refractivity contribution in [3.05, 3.63) is 56.9 Å². The van der Waals surface area contributed by atoms with E-state index in [-0.39, 0.29) is 11.3 Å². The molecule has 1 unspecified atom stereocenters. The number of carbonyl (C=O) groups excluding carboxylic acids is 2. The Morgan fingerprint density at radius 2 is 2.07 bits per heavy atom. The lowest BCUT2D eigenvalue weighted by molar-refractivity contribution is -0.111. The van der Waals surface area contributed by atoms with Gasteiger partial charge in [0.2, 0.25) is 5.91 Å². The zero-order valence-corrected chi connectivity index (χ0v) is 18.7. The summed E-state index contributed by atoms with van der Waals surface area (Å²) in [6.45, 7) is 6.75. The summed E-state index contributed by atoms with van der Waals surface area (Å²) in [6.07, 6.45) is 5.92. The van der Waals surface area contributed by atoms with Gasteiger partial charge in [-0.3, -0.25) is 4.79 Å². The van der Waals surface area contributed by atoms with Crippen molar-refractivity contribution in [2.45, 2.75) is 40.0 Å². The molecule has 154 valence electrons. The van der Waals surface area contributed by atoms with Gasteiger partial charge in [-0.1, -0.05) is 44.5 Å². The summed E-state index contributed by atoms with van der Waals surface area (Å²) in [5.41, 5.74) is 2.57. The van der Waals surface area contributed by atoms with Crippen LogP contribution in [0.1, 0.15) is 53.6 Å². The first-order chi connectivity index (χ1) is 13.7. The Labute approximate surface area is 180 Å². The predicted octanol–water partition coefficient (Wildman–Crippen LogP) is 5.99. The molecule has 1 atom stereocenters. The van der Waals surface area contributed by atoms with Crippen LogP contribution in [0.25, 0.3) is 6.08 Å². The topological polar surface area (TPSA) is 55.4 Å². The second kappa shape index (κ2) is 8.72. The quantitative estimate of drug-likeness (QED) is 0.477. The third-order valence-electron chi connectivity index (χ3n) is 5.39. The Morgan fingerprint density at radius 3 is 2.72 bits per heavy atom. The normalized spacial score (nSPS) is 16.5. The van der Waals surface area contributed by atoms with Crippen molar-refractivity contribution in [2.24, 2.45) is 11.3 Å². The molecule has 1 heterocycles. The van der Waals surface area contributed by atoms with Crippen molar-refractivity contribution in [2.75, 3.05) is 12.4 Å². The molecule has 1 aromatic heterocycles. The summed E-state index contributed by atoms with van der Waals surface area (Å²) in [5.74, 6) is -0.141. The highest BCUT2D eigenvalue weighted by Crippen LogP contribution is 2.44. The van der Waals surface area contributed by atoms with E-state index in [1.807, 2.05) is 12.1 Å². The molecule has 29 heavy (non-hydrogen) atoms. The summed E-state index contributed by atoms with van der Waals surface area (Å²) >= 11 is 7.47. The van der Waals surface area contributed by atoms with Gasteiger partial charge in [0.1, 0.15) is 5.00 Å². The van der Waals surface area contributed by atoms with Gasteiger partial charge in [-0.25, -0.2) is 4.79 Å². The molecule has 0 bridgehead atoms. The molecule has 1 amide bonds. The fourth-order valence-electron chi connectivity index (χ4n) is 3.67. The molecule has 4 nitrogen and oxygen atoms in total. The molecule has 0 saturated heterocycles. The number of thiophene rings is 1. The molecule has 1 aliphatic rings. The van der Waals surface area contributed by atoms with Crippen molar-refractivity contribution >= 4 is 45.9 Å². The van der Waals surface area contributed by atoms with E-state index in [1.165, 1.54) is 29.4 Å². The molecule has 0 saturated carbocycles. The van der Waals surface area contributed by atoms with Gasteiger partial charge in [-0.05, 0) is 59.9 Å². The minimum Gasteiger partial charge on any atom is -0.465 e. The Morgan fingerprint density at radius 1 is 1.31 bits per heavy atom. The zero-order valence-electron chi connectivity index (χ0n) is 17.2.